The fourth-order valence-electron chi connectivity index (χ4n) is 2.18. The quantitative estimate of drug-likeness (QED) is 0.884. The number of aliphatic carboxylic acids is 1. The number of benzene rings is 1. The summed E-state index contributed by atoms with van der Waals surface area (Å²) in [5.74, 6) is -0.359. The Kier molecular flexibility index (Phi) is 4.49. The minimum Gasteiger partial charge on any atom is -0.497 e. The number of nitrogens with one attached hydrogen (secondary N) is 1. The average molecular weight is 343 g/mol. The van der Waals surface area contributed by atoms with E-state index >= 15 is 0 Å². The minimum atomic E-state index is -0.970. The molecule has 1 fully saturated rings. The Morgan fingerprint density at radius 1 is 1.50 bits per heavy atom. The summed E-state index contributed by atoms with van der Waals surface area (Å²) >= 11 is 3.34. The Morgan fingerprint density at radius 2 is 2.25 bits per heavy atom. The molecule has 0 aromatic heterocycles. The van der Waals surface area contributed by atoms with Crippen molar-refractivity contribution >= 4 is 33.6 Å². The van der Waals surface area contributed by atoms with Crippen molar-refractivity contribution in [2.45, 2.75) is 18.9 Å². The van der Waals surface area contributed by atoms with Gasteiger partial charge < -0.3 is 20.1 Å². The number of halogens is 1. The number of carbonyl (C=O) groups is 2. The van der Waals surface area contributed by atoms with Crippen molar-refractivity contribution in [1.82, 2.24) is 4.90 Å². The molecule has 0 bridgehead atoms. The molecule has 0 radical (unpaired) electrons. The van der Waals surface area contributed by atoms with Crippen molar-refractivity contribution in [3.8, 4) is 5.75 Å². The van der Waals surface area contributed by atoms with Crippen molar-refractivity contribution in [3.05, 3.63) is 22.7 Å². The minimum absolute atomic E-state index is 0.413. The maximum Gasteiger partial charge on any atom is 0.326 e. The van der Waals surface area contributed by atoms with Crippen LogP contribution in [-0.2, 0) is 4.79 Å². The summed E-state index contributed by atoms with van der Waals surface area (Å²) in [5.41, 5.74) is 0.547. The van der Waals surface area contributed by atoms with Gasteiger partial charge in [-0.05, 0) is 40.9 Å². The lowest BCUT2D eigenvalue weighted by Gasteiger charge is -2.22. The Morgan fingerprint density at radius 3 is 2.90 bits per heavy atom. The van der Waals surface area contributed by atoms with Gasteiger partial charge in [0.15, 0.2) is 0 Å². The topological polar surface area (TPSA) is 78.9 Å². The zero-order valence-corrected chi connectivity index (χ0v) is 12.5. The van der Waals surface area contributed by atoms with Gasteiger partial charge in [-0.25, -0.2) is 9.59 Å². The zero-order valence-electron chi connectivity index (χ0n) is 10.9. The van der Waals surface area contributed by atoms with E-state index < -0.39 is 18.0 Å². The maximum absolute atomic E-state index is 12.2. The summed E-state index contributed by atoms with van der Waals surface area (Å²) in [6, 6.07) is 4.03. The van der Waals surface area contributed by atoms with E-state index in [4.69, 9.17) is 9.84 Å². The fourth-order valence-corrected chi connectivity index (χ4v) is 2.53. The molecule has 1 aliphatic heterocycles. The molecule has 0 spiro atoms. The van der Waals surface area contributed by atoms with Crippen LogP contribution in [0, 0.1) is 0 Å². The monoisotopic (exact) mass is 342 g/mol. The molecule has 2 N–H and O–H groups in total. The Bertz CT molecular complexity index is 535. The molecule has 1 atom stereocenters. The number of carboxylic acid groups (broad SMARTS) is 1. The van der Waals surface area contributed by atoms with Crippen molar-refractivity contribution in [2.24, 2.45) is 0 Å². The average Bonchev–Trinajstić information content (AvgIpc) is 2.90. The molecule has 108 valence electrons. The third-order valence-corrected chi connectivity index (χ3v) is 3.91. The van der Waals surface area contributed by atoms with Crippen molar-refractivity contribution < 1.29 is 19.4 Å². The molecule has 20 heavy (non-hydrogen) atoms. The number of methoxy groups -OCH3 is 1. The van der Waals surface area contributed by atoms with E-state index in [1.807, 2.05) is 0 Å². The largest absolute Gasteiger partial charge is 0.497 e. The Balaban J connectivity index is 2.13. The lowest BCUT2D eigenvalue weighted by Crippen LogP contribution is -2.42. The summed E-state index contributed by atoms with van der Waals surface area (Å²) < 4.78 is 5.80. The molecule has 1 aromatic carbocycles. The number of nitrogens with zero attached hydrogens (tertiary/aromatic N) is 1. The number of carbonyl (C=O) groups excluding carboxylic acids is 1. The van der Waals surface area contributed by atoms with Crippen LogP contribution < -0.4 is 10.1 Å². The second-order valence-electron chi connectivity index (χ2n) is 4.47. The predicted octanol–water partition coefficient (Wildman–Crippen LogP) is 2.54. The van der Waals surface area contributed by atoms with Crippen LogP contribution in [0.25, 0.3) is 0 Å². The molecule has 0 unspecified atom stereocenters. The van der Waals surface area contributed by atoms with Crippen LogP contribution in [0.2, 0.25) is 0 Å². The van der Waals surface area contributed by atoms with Crippen LogP contribution in [-0.4, -0.2) is 41.7 Å². The number of likely N-dealkylation sites (tertiary alicyclic amines) is 1. The third-order valence-electron chi connectivity index (χ3n) is 3.21. The number of rotatable bonds is 3. The summed E-state index contributed by atoms with van der Waals surface area (Å²) in [7, 11) is 1.54. The molecule has 2 rings (SSSR count). The van der Waals surface area contributed by atoms with E-state index in [1.165, 1.54) is 12.0 Å². The Labute approximate surface area is 124 Å². The number of hydrogen-bond acceptors (Lipinski definition) is 3. The molecule has 7 heteroatoms. The number of urea groups is 1. The first-order chi connectivity index (χ1) is 9.52. The second kappa shape index (κ2) is 6.13. The zero-order chi connectivity index (χ0) is 14.7. The summed E-state index contributed by atoms with van der Waals surface area (Å²) in [6.07, 6.45) is 1.19. The molecule has 0 saturated carbocycles. The van der Waals surface area contributed by atoms with Crippen LogP contribution in [0.4, 0.5) is 10.5 Å². The van der Waals surface area contributed by atoms with Gasteiger partial charge in [0, 0.05) is 17.1 Å². The van der Waals surface area contributed by atoms with Gasteiger partial charge in [-0.2, -0.15) is 0 Å². The van der Waals surface area contributed by atoms with E-state index in [9.17, 15) is 9.59 Å². The van der Waals surface area contributed by atoms with Gasteiger partial charge in [-0.15, -0.1) is 0 Å². The van der Waals surface area contributed by atoms with Crippen molar-refractivity contribution in [3.63, 3.8) is 0 Å². The van der Waals surface area contributed by atoms with Gasteiger partial charge >= 0.3 is 12.0 Å². The maximum atomic E-state index is 12.2. The van der Waals surface area contributed by atoms with E-state index in [2.05, 4.69) is 21.2 Å². The normalized spacial score (nSPS) is 17.9. The highest BCUT2D eigenvalue weighted by atomic mass is 79.9. The van der Waals surface area contributed by atoms with Crippen molar-refractivity contribution in [2.75, 3.05) is 19.0 Å². The number of anilines is 1. The van der Waals surface area contributed by atoms with Crippen LogP contribution in [0.3, 0.4) is 0 Å². The van der Waals surface area contributed by atoms with Crippen LogP contribution in [0.5, 0.6) is 5.75 Å². The standard InChI is InChI=1S/C13H15BrN2O4/c1-20-8-4-5-9(14)10(7-8)15-13(19)16-6-2-3-11(16)12(17)18/h4-5,7,11H,2-3,6H2,1H3,(H,15,19)(H,17,18)/t11-/m1/s1. The van der Waals surface area contributed by atoms with Crippen LogP contribution in [0.1, 0.15) is 12.8 Å². The summed E-state index contributed by atoms with van der Waals surface area (Å²) in [6.45, 7) is 0.449. The number of carboxylic acids is 1. The van der Waals surface area contributed by atoms with Gasteiger partial charge in [-0.3, -0.25) is 0 Å². The van der Waals surface area contributed by atoms with Gasteiger partial charge in [0.05, 0.1) is 12.8 Å². The van der Waals surface area contributed by atoms with Gasteiger partial charge in [-0.1, -0.05) is 0 Å². The smallest absolute Gasteiger partial charge is 0.326 e. The highest BCUT2D eigenvalue weighted by molar-refractivity contribution is 9.10. The lowest BCUT2D eigenvalue weighted by atomic mass is 10.2. The predicted molar refractivity (Wildman–Crippen MR) is 77.1 cm³/mol. The first-order valence-corrected chi connectivity index (χ1v) is 6.96. The van der Waals surface area contributed by atoms with Crippen LogP contribution >= 0.6 is 15.9 Å². The van der Waals surface area contributed by atoms with Gasteiger partial charge in [0.25, 0.3) is 0 Å². The second-order valence-corrected chi connectivity index (χ2v) is 5.32. The molecule has 1 saturated heterocycles. The molecule has 0 aliphatic carbocycles. The van der Waals surface area contributed by atoms with Gasteiger partial charge in [0.2, 0.25) is 0 Å². The molecule has 2 amide bonds. The highest BCUT2D eigenvalue weighted by Crippen LogP contribution is 2.28. The molecular weight excluding hydrogens is 328 g/mol. The molecular formula is C13H15BrN2O4. The van der Waals surface area contributed by atoms with E-state index in [0.29, 0.717) is 35.3 Å². The number of hydrogen-bond donors (Lipinski definition) is 2. The molecule has 1 aliphatic rings. The fraction of sp³-hybridized carbons (Fsp3) is 0.385. The Hall–Kier alpha value is -1.76. The lowest BCUT2D eigenvalue weighted by molar-refractivity contribution is -0.141. The van der Waals surface area contributed by atoms with E-state index in [-0.39, 0.29) is 0 Å². The summed E-state index contributed by atoms with van der Waals surface area (Å²) in [4.78, 5) is 24.6. The summed E-state index contributed by atoms with van der Waals surface area (Å²) in [5, 5.41) is 11.8. The molecule has 6 nitrogen and oxygen atoms in total. The first kappa shape index (κ1) is 14.6. The van der Waals surface area contributed by atoms with Gasteiger partial charge in [0.1, 0.15) is 11.8 Å². The van der Waals surface area contributed by atoms with E-state index in [1.54, 1.807) is 18.2 Å². The SMILES string of the molecule is COc1ccc(Br)c(NC(=O)N2CCC[C@@H]2C(=O)O)c1. The third kappa shape index (κ3) is 3.04. The van der Waals surface area contributed by atoms with Crippen molar-refractivity contribution in [1.29, 1.82) is 0 Å². The molecule has 1 aromatic rings. The number of amides is 2. The highest BCUT2D eigenvalue weighted by Gasteiger charge is 2.34. The van der Waals surface area contributed by atoms with E-state index in [0.717, 1.165) is 0 Å². The number of ether oxygens (including phenoxy) is 1. The molecule has 1 heterocycles. The van der Waals surface area contributed by atoms with Crippen LogP contribution in [0.15, 0.2) is 22.7 Å². The first-order valence-electron chi connectivity index (χ1n) is 6.17.